The molecule has 0 amide bonds. The second kappa shape index (κ2) is 5.66. The second-order valence-electron chi connectivity index (χ2n) is 4.17. The topological polar surface area (TPSA) is 42.4 Å². The highest BCUT2D eigenvalue weighted by Crippen LogP contribution is 2.20. The highest BCUT2D eigenvalue weighted by Gasteiger charge is 2.17. The molecule has 2 aromatic rings. The van der Waals surface area contributed by atoms with Crippen LogP contribution in [0.2, 0.25) is 0 Å². The van der Waals surface area contributed by atoms with Crippen LogP contribution in [0.15, 0.2) is 53.1 Å². The minimum atomic E-state index is 0.130. The fourth-order valence-electron chi connectivity index (χ4n) is 1.98. The summed E-state index contributed by atoms with van der Waals surface area (Å²) >= 11 is 0. The first-order valence-electron chi connectivity index (χ1n) is 5.79. The van der Waals surface area contributed by atoms with Gasteiger partial charge in [-0.25, -0.2) is 0 Å². The van der Waals surface area contributed by atoms with E-state index in [9.17, 15) is 0 Å². The summed E-state index contributed by atoms with van der Waals surface area (Å²) < 4.78 is 5.42. The van der Waals surface area contributed by atoms with Crippen molar-refractivity contribution in [1.29, 1.82) is 0 Å². The van der Waals surface area contributed by atoms with Crippen LogP contribution in [0.5, 0.6) is 0 Å². The molecule has 0 fully saturated rings. The standard InChI is InChI=1S/C14H18N2O/c1-16(11-12-6-3-2-4-7-12)13(10-15)14-8-5-9-17-14/h2-9,13H,10-11,15H2,1H3. The number of furan rings is 1. The van der Waals surface area contributed by atoms with E-state index < -0.39 is 0 Å². The van der Waals surface area contributed by atoms with E-state index >= 15 is 0 Å². The van der Waals surface area contributed by atoms with Crippen molar-refractivity contribution >= 4 is 0 Å². The van der Waals surface area contributed by atoms with Gasteiger partial charge in [0.25, 0.3) is 0 Å². The quantitative estimate of drug-likeness (QED) is 0.857. The van der Waals surface area contributed by atoms with Crippen LogP contribution in [-0.2, 0) is 6.54 Å². The minimum Gasteiger partial charge on any atom is -0.468 e. The molecular formula is C14H18N2O. The van der Waals surface area contributed by atoms with Crippen LogP contribution in [0.3, 0.4) is 0 Å². The molecule has 0 aliphatic carbocycles. The van der Waals surface area contributed by atoms with Crippen LogP contribution in [0.4, 0.5) is 0 Å². The summed E-state index contributed by atoms with van der Waals surface area (Å²) in [6, 6.07) is 14.4. The Labute approximate surface area is 102 Å². The average molecular weight is 230 g/mol. The molecule has 0 bridgehead atoms. The highest BCUT2D eigenvalue weighted by molar-refractivity contribution is 5.15. The smallest absolute Gasteiger partial charge is 0.122 e. The van der Waals surface area contributed by atoms with E-state index in [1.54, 1.807) is 6.26 Å². The van der Waals surface area contributed by atoms with Crippen molar-refractivity contribution in [2.45, 2.75) is 12.6 Å². The first-order valence-corrected chi connectivity index (χ1v) is 5.79. The molecular weight excluding hydrogens is 212 g/mol. The molecule has 90 valence electrons. The maximum absolute atomic E-state index is 5.82. The lowest BCUT2D eigenvalue weighted by molar-refractivity contribution is 0.213. The molecule has 3 heteroatoms. The molecule has 0 radical (unpaired) electrons. The summed E-state index contributed by atoms with van der Waals surface area (Å²) in [4.78, 5) is 2.20. The third-order valence-corrected chi connectivity index (χ3v) is 2.90. The third kappa shape index (κ3) is 2.96. The number of nitrogens with two attached hydrogens (primary N) is 1. The van der Waals surface area contributed by atoms with Crippen molar-refractivity contribution < 1.29 is 4.42 Å². The SMILES string of the molecule is CN(Cc1ccccc1)C(CN)c1ccco1. The van der Waals surface area contributed by atoms with Crippen LogP contribution in [0.1, 0.15) is 17.4 Å². The first kappa shape index (κ1) is 11.9. The van der Waals surface area contributed by atoms with Crippen molar-refractivity contribution in [3.8, 4) is 0 Å². The zero-order chi connectivity index (χ0) is 12.1. The van der Waals surface area contributed by atoms with E-state index in [1.165, 1.54) is 5.56 Å². The highest BCUT2D eigenvalue weighted by atomic mass is 16.3. The Bertz CT molecular complexity index is 425. The van der Waals surface area contributed by atoms with Gasteiger partial charge in [-0.2, -0.15) is 0 Å². The van der Waals surface area contributed by atoms with Crippen LogP contribution in [-0.4, -0.2) is 18.5 Å². The predicted molar refractivity (Wildman–Crippen MR) is 68.4 cm³/mol. The van der Waals surface area contributed by atoms with Crippen LogP contribution in [0.25, 0.3) is 0 Å². The van der Waals surface area contributed by atoms with Gasteiger partial charge in [0.05, 0.1) is 12.3 Å². The molecule has 2 rings (SSSR count). The van der Waals surface area contributed by atoms with Gasteiger partial charge >= 0.3 is 0 Å². The number of nitrogens with zero attached hydrogens (tertiary/aromatic N) is 1. The molecule has 0 aliphatic rings. The van der Waals surface area contributed by atoms with Crippen LogP contribution < -0.4 is 5.73 Å². The second-order valence-corrected chi connectivity index (χ2v) is 4.17. The molecule has 1 unspecified atom stereocenters. The summed E-state index contributed by atoms with van der Waals surface area (Å²) in [6.07, 6.45) is 1.69. The maximum atomic E-state index is 5.82. The lowest BCUT2D eigenvalue weighted by Gasteiger charge is -2.25. The van der Waals surface area contributed by atoms with Gasteiger partial charge in [0, 0.05) is 13.1 Å². The van der Waals surface area contributed by atoms with E-state index in [4.69, 9.17) is 10.2 Å². The number of benzene rings is 1. The van der Waals surface area contributed by atoms with Gasteiger partial charge in [0.2, 0.25) is 0 Å². The Kier molecular flexibility index (Phi) is 3.96. The van der Waals surface area contributed by atoms with Gasteiger partial charge in [0.1, 0.15) is 5.76 Å². The van der Waals surface area contributed by atoms with Gasteiger partial charge in [-0.3, -0.25) is 4.90 Å². The van der Waals surface area contributed by atoms with Gasteiger partial charge in [-0.1, -0.05) is 30.3 Å². The average Bonchev–Trinajstić information content (AvgIpc) is 2.85. The molecule has 0 spiro atoms. The summed E-state index contributed by atoms with van der Waals surface area (Å²) in [5.74, 6) is 0.922. The monoisotopic (exact) mass is 230 g/mol. The molecule has 1 atom stereocenters. The summed E-state index contributed by atoms with van der Waals surface area (Å²) in [7, 11) is 2.06. The normalized spacial score (nSPS) is 12.9. The van der Waals surface area contributed by atoms with Gasteiger partial charge in [-0.05, 0) is 24.7 Å². The molecule has 1 heterocycles. The Morgan fingerprint density at radius 1 is 1.18 bits per heavy atom. The molecule has 2 N–H and O–H groups in total. The summed E-state index contributed by atoms with van der Waals surface area (Å²) in [5.41, 5.74) is 7.09. The van der Waals surface area contributed by atoms with Gasteiger partial charge < -0.3 is 10.2 Å². The fraction of sp³-hybridized carbons (Fsp3) is 0.286. The van der Waals surface area contributed by atoms with E-state index in [2.05, 4.69) is 24.1 Å². The molecule has 3 nitrogen and oxygen atoms in total. The van der Waals surface area contributed by atoms with E-state index in [0.717, 1.165) is 12.3 Å². The molecule has 0 aliphatic heterocycles. The predicted octanol–water partition coefficient (Wildman–Crippen LogP) is 2.41. The zero-order valence-electron chi connectivity index (χ0n) is 10.0. The van der Waals surface area contributed by atoms with E-state index in [1.807, 2.05) is 30.3 Å². The van der Waals surface area contributed by atoms with Gasteiger partial charge in [-0.15, -0.1) is 0 Å². The lowest BCUT2D eigenvalue weighted by atomic mass is 10.1. The number of rotatable bonds is 5. The maximum Gasteiger partial charge on any atom is 0.122 e. The Morgan fingerprint density at radius 3 is 2.53 bits per heavy atom. The Morgan fingerprint density at radius 2 is 1.94 bits per heavy atom. The van der Waals surface area contributed by atoms with Crippen molar-refractivity contribution in [1.82, 2.24) is 4.90 Å². The lowest BCUT2D eigenvalue weighted by Crippen LogP contribution is -2.29. The zero-order valence-corrected chi connectivity index (χ0v) is 10.0. The minimum absolute atomic E-state index is 0.130. The van der Waals surface area contributed by atoms with Crippen molar-refractivity contribution in [3.63, 3.8) is 0 Å². The Hall–Kier alpha value is -1.58. The number of likely N-dealkylation sites (N-methyl/N-ethyl adjacent to an activating group) is 1. The molecule has 1 aromatic heterocycles. The summed E-state index contributed by atoms with van der Waals surface area (Å²) in [5, 5.41) is 0. The Balaban J connectivity index is 2.06. The molecule has 0 saturated carbocycles. The van der Waals surface area contributed by atoms with Crippen molar-refractivity contribution in [3.05, 3.63) is 60.1 Å². The van der Waals surface area contributed by atoms with E-state index in [-0.39, 0.29) is 6.04 Å². The van der Waals surface area contributed by atoms with Gasteiger partial charge in [0.15, 0.2) is 0 Å². The molecule has 17 heavy (non-hydrogen) atoms. The largest absolute Gasteiger partial charge is 0.468 e. The molecule has 1 aromatic carbocycles. The van der Waals surface area contributed by atoms with Crippen LogP contribution >= 0.6 is 0 Å². The third-order valence-electron chi connectivity index (χ3n) is 2.90. The van der Waals surface area contributed by atoms with Crippen LogP contribution in [0, 0.1) is 0 Å². The molecule has 0 saturated heterocycles. The first-order chi connectivity index (χ1) is 8.31. The van der Waals surface area contributed by atoms with Crippen molar-refractivity contribution in [2.24, 2.45) is 5.73 Å². The number of hydrogen-bond donors (Lipinski definition) is 1. The van der Waals surface area contributed by atoms with E-state index in [0.29, 0.717) is 6.54 Å². The summed E-state index contributed by atoms with van der Waals surface area (Å²) in [6.45, 7) is 1.42. The fourth-order valence-corrected chi connectivity index (χ4v) is 1.98. The number of hydrogen-bond acceptors (Lipinski definition) is 3. The van der Waals surface area contributed by atoms with Crippen molar-refractivity contribution in [2.75, 3.05) is 13.6 Å².